The molecule has 2 N–H and O–H groups in total. The van der Waals surface area contributed by atoms with Gasteiger partial charge in [-0.1, -0.05) is 13.8 Å². The Balaban J connectivity index is 2.67. The number of carbonyl (C=O) groups is 2. The summed E-state index contributed by atoms with van der Waals surface area (Å²) in [6.45, 7) is 3.99. The van der Waals surface area contributed by atoms with Gasteiger partial charge in [0.05, 0.1) is 13.0 Å². The first kappa shape index (κ1) is 18.9. The number of hydrogen-bond donors (Lipinski definition) is 2. The number of hydrogen-bond acceptors (Lipinski definition) is 5. The Morgan fingerprint density at radius 2 is 1.86 bits per heavy atom. The third-order valence-electron chi connectivity index (χ3n) is 3.62. The summed E-state index contributed by atoms with van der Waals surface area (Å²) in [5.41, 5.74) is 0. The predicted molar refractivity (Wildman–Crippen MR) is 79.2 cm³/mol. The Labute approximate surface area is 131 Å². The minimum atomic E-state index is -3.88. The number of nitrogens with zero attached hydrogens (tertiary/aromatic N) is 1. The van der Waals surface area contributed by atoms with Gasteiger partial charge in [-0.05, 0) is 25.2 Å². The summed E-state index contributed by atoms with van der Waals surface area (Å²) in [6.07, 6.45) is 0.957. The van der Waals surface area contributed by atoms with Crippen LogP contribution in [-0.2, 0) is 24.5 Å². The highest BCUT2D eigenvalue weighted by Gasteiger charge is 2.34. The summed E-state index contributed by atoms with van der Waals surface area (Å²) in [6, 6.07) is -1.15. The number of carbonyl (C=O) groups excluding carboxylic acids is 1. The molecule has 1 saturated heterocycles. The second-order valence-corrected chi connectivity index (χ2v) is 7.54. The van der Waals surface area contributed by atoms with Gasteiger partial charge in [0.25, 0.3) is 10.2 Å². The lowest BCUT2D eigenvalue weighted by Gasteiger charge is -2.31. The van der Waals surface area contributed by atoms with Gasteiger partial charge in [0, 0.05) is 13.1 Å². The van der Waals surface area contributed by atoms with E-state index in [2.05, 4.69) is 9.46 Å². The minimum absolute atomic E-state index is 0.0499. The van der Waals surface area contributed by atoms with Crippen molar-refractivity contribution in [3.8, 4) is 0 Å². The largest absolute Gasteiger partial charge is 0.480 e. The van der Waals surface area contributed by atoms with Crippen molar-refractivity contribution in [2.24, 2.45) is 11.8 Å². The normalized spacial score (nSPS) is 19.1. The molecule has 1 atom stereocenters. The Morgan fingerprint density at radius 3 is 2.27 bits per heavy atom. The fourth-order valence-corrected chi connectivity index (χ4v) is 3.82. The molecule has 0 amide bonds. The van der Waals surface area contributed by atoms with Crippen molar-refractivity contribution >= 4 is 22.1 Å². The van der Waals surface area contributed by atoms with Crippen LogP contribution in [0.25, 0.3) is 0 Å². The maximum atomic E-state index is 12.3. The standard InChI is InChI=1S/C13H24N2O6S/c1-9(2)8-11(12(16)17)14-22(19,20)15-6-4-10(5-7-15)13(18)21-3/h9-11,14H,4-8H2,1-3H3,(H,16,17). The van der Waals surface area contributed by atoms with Gasteiger partial charge in [0.1, 0.15) is 6.04 Å². The van der Waals surface area contributed by atoms with Crippen molar-refractivity contribution in [2.45, 2.75) is 39.2 Å². The summed E-state index contributed by atoms with van der Waals surface area (Å²) < 4.78 is 32.6. The number of carboxylic acids is 1. The molecule has 1 fully saturated rings. The number of aliphatic carboxylic acids is 1. The fourth-order valence-electron chi connectivity index (χ4n) is 2.42. The predicted octanol–water partition coefficient (Wildman–Crippen LogP) is 0.205. The van der Waals surface area contributed by atoms with Gasteiger partial charge in [-0.2, -0.15) is 17.4 Å². The first-order valence-corrected chi connectivity index (χ1v) is 8.69. The third-order valence-corrected chi connectivity index (χ3v) is 5.25. The molecule has 9 heteroatoms. The van der Waals surface area contributed by atoms with Crippen LogP contribution in [0.4, 0.5) is 0 Å². The number of piperidine rings is 1. The van der Waals surface area contributed by atoms with Crippen LogP contribution in [0.5, 0.6) is 0 Å². The van der Waals surface area contributed by atoms with Crippen molar-refractivity contribution in [2.75, 3.05) is 20.2 Å². The van der Waals surface area contributed by atoms with E-state index in [1.54, 1.807) is 0 Å². The van der Waals surface area contributed by atoms with Gasteiger partial charge in [0.15, 0.2) is 0 Å². The average Bonchev–Trinajstić information content (AvgIpc) is 2.45. The van der Waals surface area contributed by atoms with E-state index in [0.29, 0.717) is 12.8 Å². The molecule has 0 saturated carbocycles. The maximum Gasteiger partial charge on any atom is 0.321 e. The molecule has 0 aromatic carbocycles. The molecule has 22 heavy (non-hydrogen) atoms. The number of ether oxygens (including phenoxy) is 1. The molecule has 0 aliphatic carbocycles. The lowest BCUT2D eigenvalue weighted by molar-refractivity contribution is -0.146. The lowest BCUT2D eigenvalue weighted by atomic mass is 9.99. The van der Waals surface area contributed by atoms with Crippen molar-refractivity contribution in [1.82, 2.24) is 9.03 Å². The van der Waals surface area contributed by atoms with Gasteiger partial charge in [-0.15, -0.1) is 0 Å². The number of methoxy groups -OCH3 is 1. The minimum Gasteiger partial charge on any atom is -0.480 e. The van der Waals surface area contributed by atoms with Crippen molar-refractivity contribution in [3.63, 3.8) is 0 Å². The van der Waals surface area contributed by atoms with Gasteiger partial charge >= 0.3 is 11.9 Å². The number of rotatable bonds is 7. The van der Waals surface area contributed by atoms with Crippen LogP contribution in [0.15, 0.2) is 0 Å². The summed E-state index contributed by atoms with van der Waals surface area (Å²) in [4.78, 5) is 22.6. The zero-order chi connectivity index (χ0) is 16.9. The molecule has 1 unspecified atom stereocenters. The van der Waals surface area contributed by atoms with E-state index in [4.69, 9.17) is 5.11 Å². The Bertz CT molecular complexity index is 497. The Morgan fingerprint density at radius 1 is 1.32 bits per heavy atom. The summed E-state index contributed by atoms with van der Waals surface area (Å²) in [5, 5.41) is 9.12. The van der Waals surface area contributed by atoms with Gasteiger partial charge in [-0.3, -0.25) is 9.59 Å². The van der Waals surface area contributed by atoms with Crippen LogP contribution in [0.3, 0.4) is 0 Å². The van der Waals surface area contributed by atoms with Crippen LogP contribution in [0, 0.1) is 11.8 Å². The zero-order valence-electron chi connectivity index (χ0n) is 13.1. The molecule has 0 bridgehead atoms. The van der Waals surface area contributed by atoms with E-state index in [0.717, 1.165) is 0 Å². The van der Waals surface area contributed by atoms with Gasteiger partial charge in [-0.25, -0.2) is 0 Å². The smallest absolute Gasteiger partial charge is 0.321 e. The monoisotopic (exact) mass is 336 g/mol. The second kappa shape index (κ2) is 7.89. The molecular formula is C13H24N2O6S. The molecule has 8 nitrogen and oxygen atoms in total. The lowest BCUT2D eigenvalue weighted by Crippen LogP contribution is -2.51. The number of esters is 1. The molecule has 1 aliphatic rings. The SMILES string of the molecule is COC(=O)C1CCN(S(=O)(=O)NC(CC(C)C)C(=O)O)CC1. The summed E-state index contributed by atoms with van der Waals surface area (Å²) >= 11 is 0. The Hall–Kier alpha value is -1.19. The highest BCUT2D eigenvalue weighted by Crippen LogP contribution is 2.20. The molecule has 1 rings (SSSR count). The molecule has 0 aromatic rings. The zero-order valence-corrected chi connectivity index (χ0v) is 13.9. The molecule has 1 heterocycles. The maximum absolute atomic E-state index is 12.3. The van der Waals surface area contributed by atoms with Crippen LogP contribution in [0.2, 0.25) is 0 Å². The Kier molecular flexibility index (Phi) is 6.76. The summed E-state index contributed by atoms with van der Waals surface area (Å²) in [5.74, 6) is -1.79. The van der Waals surface area contributed by atoms with E-state index in [1.165, 1.54) is 11.4 Å². The van der Waals surface area contributed by atoms with Crippen molar-refractivity contribution in [3.05, 3.63) is 0 Å². The van der Waals surface area contributed by atoms with Crippen molar-refractivity contribution in [1.29, 1.82) is 0 Å². The van der Waals surface area contributed by atoms with E-state index < -0.39 is 22.2 Å². The van der Waals surface area contributed by atoms with Crippen LogP contribution >= 0.6 is 0 Å². The second-order valence-electron chi connectivity index (χ2n) is 5.84. The van der Waals surface area contributed by atoms with Crippen LogP contribution < -0.4 is 4.72 Å². The van der Waals surface area contributed by atoms with Gasteiger partial charge in [0.2, 0.25) is 0 Å². The highest BCUT2D eigenvalue weighted by molar-refractivity contribution is 7.87. The molecule has 1 aliphatic heterocycles. The molecule has 128 valence electrons. The first-order valence-electron chi connectivity index (χ1n) is 7.25. The number of nitrogens with one attached hydrogen (secondary N) is 1. The van der Waals surface area contributed by atoms with E-state index in [9.17, 15) is 18.0 Å². The molecule has 0 aromatic heterocycles. The third kappa shape index (κ3) is 5.22. The van der Waals surface area contributed by atoms with E-state index in [-0.39, 0.29) is 37.3 Å². The van der Waals surface area contributed by atoms with E-state index in [1.807, 2.05) is 13.8 Å². The van der Waals surface area contributed by atoms with Gasteiger partial charge < -0.3 is 9.84 Å². The van der Waals surface area contributed by atoms with Crippen molar-refractivity contribution < 1.29 is 27.9 Å². The molecule has 0 spiro atoms. The molecule has 0 radical (unpaired) electrons. The van der Waals surface area contributed by atoms with E-state index >= 15 is 0 Å². The highest BCUT2D eigenvalue weighted by atomic mass is 32.2. The quantitative estimate of drug-likeness (QED) is 0.642. The summed E-state index contributed by atoms with van der Waals surface area (Å²) in [7, 11) is -2.58. The van der Waals surface area contributed by atoms with Crippen LogP contribution in [-0.4, -0.2) is 56.0 Å². The average molecular weight is 336 g/mol. The fraction of sp³-hybridized carbons (Fsp3) is 0.846. The number of carboxylic acid groups (broad SMARTS) is 1. The molecular weight excluding hydrogens is 312 g/mol. The topological polar surface area (TPSA) is 113 Å². The first-order chi connectivity index (χ1) is 10.2. The van der Waals surface area contributed by atoms with Crippen LogP contribution in [0.1, 0.15) is 33.1 Å².